The van der Waals surface area contributed by atoms with Crippen molar-refractivity contribution in [2.75, 3.05) is 5.73 Å². The summed E-state index contributed by atoms with van der Waals surface area (Å²) in [7, 11) is 0. The maximum atomic E-state index is 13.2. The summed E-state index contributed by atoms with van der Waals surface area (Å²) < 4.78 is 56.9. The van der Waals surface area contributed by atoms with E-state index in [2.05, 4.69) is 4.98 Å². The van der Waals surface area contributed by atoms with Crippen LogP contribution in [0.5, 0.6) is 11.6 Å². The molecular weight excluding hydrogens is 252 g/mol. The molecule has 2 aromatic rings. The van der Waals surface area contributed by atoms with Crippen LogP contribution < -0.4 is 10.5 Å². The molecule has 0 amide bonds. The fourth-order valence-electron chi connectivity index (χ4n) is 1.19. The zero-order valence-corrected chi connectivity index (χ0v) is 8.75. The summed E-state index contributed by atoms with van der Waals surface area (Å²) in [6.45, 7) is 0. The van der Waals surface area contributed by atoms with E-state index in [1.54, 1.807) is 0 Å². The second kappa shape index (κ2) is 4.52. The van der Waals surface area contributed by atoms with Gasteiger partial charge in [-0.1, -0.05) is 0 Å². The highest BCUT2D eigenvalue weighted by Gasteiger charge is 2.14. The van der Waals surface area contributed by atoms with Crippen LogP contribution in [0.25, 0.3) is 0 Å². The fraction of sp³-hybridized carbons (Fsp3) is 0. The van der Waals surface area contributed by atoms with Gasteiger partial charge in [0.25, 0.3) is 5.88 Å². The average Bonchev–Trinajstić information content (AvgIpc) is 2.30. The molecule has 0 bridgehead atoms. The lowest BCUT2D eigenvalue weighted by molar-refractivity contribution is 0.392. The maximum absolute atomic E-state index is 13.2. The zero-order chi connectivity index (χ0) is 13.3. The summed E-state index contributed by atoms with van der Waals surface area (Å²) in [4.78, 5) is 3.25. The molecule has 0 saturated carbocycles. The Bertz CT molecular complexity index is 604. The van der Waals surface area contributed by atoms with Crippen LogP contribution >= 0.6 is 0 Å². The van der Waals surface area contributed by atoms with Crippen molar-refractivity contribution in [3.8, 4) is 11.6 Å². The van der Waals surface area contributed by atoms with Crippen molar-refractivity contribution in [3.63, 3.8) is 0 Å². The number of anilines is 1. The Morgan fingerprint density at radius 3 is 2.39 bits per heavy atom. The number of benzene rings is 1. The molecule has 0 aliphatic heterocycles. The van der Waals surface area contributed by atoms with Gasteiger partial charge in [0, 0.05) is 12.1 Å². The molecule has 0 unspecified atom stereocenters. The third-order valence-electron chi connectivity index (χ3n) is 2.02. The number of rotatable bonds is 2. The summed E-state index contributed by atoms with van der Waals surface area (Å²) >= 11 is 0. The molecule has 0 spiro atoms. The standard InChI is InChI=1S/C11H6F4N2O/c12-5-1-2-6(13)9(3-5)18-11-8(15)4-7(14)10(16)17-11/h1-4H,(H2,16,17). The Labute approximate surface area is 98.8 Å². The van der Waals surface area contributed by atoms with Crippen molar-refractivity contribution in [1.82, 2.24) is 4.98 Å². The van der Waals surface area contributed by atoms with Gasteiger partial charge < -0.3 is 10.5 Å². The number of nitrogens with two attached hydrogens (primary N) is 1. The summed E-state index contributed by atoms with van der Waals surface area (Å²) in [5.41, 5.74) is 5.11. The number of nitrogens with zero attached hydrogens (tertiary/aromatic N) is 1. The number of nitrogen functional groups attached to an aromatic ring is 1. The highest BCUT2D eigenvalue weighted by atomic mass is 19.1. The number of pyridine rings is 1. The first-order valence-electron chi connectivity index (χ1n) is 4.72. The average molecular weight is 258 g/mol. The Morgan fingerprint density at radius 2 is 1.67 bits per heavy atom. The van der Waals surface area contributed by atoms with Crippen LogP contribution in [0.1, 0.15) is 0 Å². The largest absolute Gasteiger partial charge is 0.433 e. The van der Waals surface area contributed by atoms with Crippen LogP contribution in [0.3, 0.4) is 0 Å². The topological polar surface area (TPSA) is 48.1 Å². The van der Waals surface area contributed by atoms with Gasteiger partial charge in [-0.3, -0.25) is 0 Å². The molecule has 7 heteroatoms. The van der Waals surface area contributed by atoms with Crippen LogP contribution in [0, 0.1) is 23.3 Å². The van der Waals surface area contributed by atoms with Crippen LogP contribution in [0.2, 0.25) is 0 Å². The second-order valence-corrected chi connectivity index (χ2v) is 3.32. The van der Waals surface area contributed by atoms with E-state index in [1.165, 1.54) is 0 Å². The zero-order valence-electron chi connectivity index (χ0n) is 8.75. The third-order valence-corrected chi connectivity index (χ3v) is 2.02. The van der Waals surface area contributed by atoms with Gasteiger partial charge in [0.2, 0.25) is 0 Å². The molecule has 0 saturated heterocycles. The van der Waals surface area contributed by atoms with Crippen LogP contribution in [-0.4, -0.2) is 4.98 Å². The van der Waals surface area contributed by atoms with Crippen LogP contribution in [-0.2, 0) is 0 Å². The van der Waals surface area contributed by atoms with Crippen molar-refractivity contribution < 1.29 is 22.3 Å². The maximum Gasteiger partial charge on any atom is 0.258 e. The van der Waals surface area contributed by atoms with Crippen molar-refractivity contribution in [2.45, 2.75) is 0 Å². The van der Waals surface area contributed by atoms with E-state index in [1.807, 2.05) is 0 Å². The van der Waals surface area contributed by atoms with Gasteiger partial charge >= 0.3 is 0 Å². The van der Waals surface area contributed by atoms with E-state index in [0.29, 0.717) is 12.1 Å². The lowest BCUT2D eigenvalue weighted by Gasteiger charge is -2.07. The third kappa shape index (κ3) is 2.34. The monoisotopic (exact) mass is 258 g/mol. The summed E-state index contributed by atoms with van der Waals surface area (Å²) in [6, 6.07) is 2.81. The van der Waals surface area contributed by atoms with Gasteiger partial charge in [-0.05, 0) is 12.1 Å². The molecule has 0 aliphatic carbocycles. The quantitative estimate of drug-likeness (QED) is 0.842. The number of hydrogen-bond donors (Lipinski definition) is 1. The van der Waals surface area contributed by atoms with Gasteiger partial charge in [-0.15, -0.1) is 0 Å². The molecule has 1 aromatic heterocycles. The summed E-state index contributed by atoms with van der Waals surface area (Å²) in [5.74, 6) is -5.86. The highest BCUT2D eigenvalue weighted by molar-refractivity contribution is 5.37. The number of aromatic nitrogens is 1. The second-order valence-electron chi connectivity index (χ2n) is 3.32. The number of hydrogen-bond acceptors (Lipinski definition) is 3. The lowest BCUT2D eigenvalue weighted by atomic mass is 10.3. The Morgan fingerprint density at radius 1 is 0.944 bits per heavy atom. The smallest absolute Gasteiger partial charge is 0.258 e. The van der Waals surface area contributed by atoms with Crippen LogP contribution in [0.4, 0.5) is 23.4 Å². The molecule has 0 atom stereocenters. The molecule has 0 radical (unpaired) electrons. The molecule has 2 N–H and O–H groups in total. The fourth-order valence-corrected chi connectivity index (χ4v) is 1.19. The van der Waals surface area contributed by atoms with Gasteiger partial charge in [0.15, 0.2) is 29.0 Å². The van der Waals surface area contributed by atoms with Crippen molar-refractivity contribution in [2.24, 2.45) is 0 Å². The van der Waals surface area contributed by atoms with Gasteiger partial charge in [-0.25, -0.2) is 17.6 Å². The summed E-state index contributed by atoms with van der Waals surface area (Å²) in [5, 5.41) is 0. The number of halogens is 4. The minimum absolute atomic E-state index is 0.439. The molecule has 1 heterocycles. The Hall–Kier alpha value is -2.31. The number of ether oxygens (including phenoxy) is 1. The first-order chi connectivity index (χ1) is 8.47. The molecule has 0 aliphatic rings. The first kappa shape index (κ1) is 12.2. The van der Waals surface area contributed by atoms with Crippen molar-refractivity contribution in [1.29, 1.82) is 0 Å². The normalized spacial score (nSPS) is 10.4. The van der Waals surface area contributed by atoms with Gasteiger partial charge in [0.1, 0.15) is 5.82 Å². The Kier molecular flexibility index (Phi) is 3.05. The predicted octanol–water partition coefficient (Wildman–Crippen LogP) is 3.01. The van der Waals surface area contributed by atoms with E-state index in [-0.39, 0.29) is 0 Å². The van der Waals surface area contributed by atoms with E-state index in [9.17, 15) is 17.6 Å². The van der Waals surface area contributed by atoms with E-state index >= 15 is 0 Å². The van der Waals surface area contributed by atoms with Gasteiger partial charge in [0.05, 0.1) is 0 Å². The molecule has 94 valence electrons. The molecule has 3 nitrogen and oxygen atoms in total. The van der Waals surface area contributed by atoms with Gasteiger partial charge in [-0.2, -0.15) is 4.98 Å². The molecular formula is C11H6F4N2O. The lowest BCUT2D eigenvalue weighted by Crippen LogP contribution is -2.01. The van der Waals surface area contributed by atoms with Crippen LogP contribution in [0.15, 0.2) is 24.3 Å². The Balaban J connectivity index is 2.40. The molecule has 18 heavy (non-hydrogen) atoms. The highest BCUT2D eigenvalue weighted by Crippen LogP contribution is 2.27. The van der Waals surface area contributed by atoms with E-state index in [0.717, 1.165) is 12.1 Å². The minimum Gasteiger partial charge on any atom is -0.433 e. The molecule has 0 fully saturated rings. The predicted molar refractivity (Wildman–Crippen MR) is 55.0 cm³/mol. The minimum atomic E-state index is -1.18. The van der Waals surface area contributed by atoms with E-state index in [4.69, 9.17) is 10.5 Å². The van der Waals surface area contributed by atoms with Crippen molar-refractivity contribution in [3.05, 3.63) is 47.5 Å². The summed E-state index contributed by atoms with van der Waals surface area (Å²) in [6.07, 6.45) is 0. The van der Waals surface area contributed by atoms with Crippen molar-refractivity contribution >= 4 is 5.82 Å². The SMILES string of the molecule is Nc1nc(Oc2cc(F)ccc2F)c(F)cc1F. The van der Waals surface area contributed by atoms with E-state index < -0.39 is 40.7 Å². The molecule has 1 aromatic carbocycles. The first-order valence-corrected chi connectivity index (χ1v) is 4.72. The molecule has 2 rings (SSSR count).